The van der Waals surface area contributed by atoms with E-state index in [-0.39, 0.29) is 0 Å². The molecule has 1 aromatic rings. The second-order valence-corrected chi connectivity index (χ2v) is 6.98. The number of aromatic nitrogens is 2. The molecule has 1 fully saturated rings. The van der Waals surface area contributed by atoms with Crippen LogP contribution in [0.15, 0.2) is 36.7 Å². The maximum absolute atomic E-state index is 15.4. The lowest BCUT2D eigenvalue weighted by molar-refractivity contribution is -0.141. The van der Waals surface area contributed by atoms with Crippen LogP contribution in [0.4, 0.5) is 10.3 Å². The van der Waals surface area contributed by atoms with Gasteiger partial charge in [-0.2, -0.15) is 0 Å². The number of carbonyl (C=O) groups excluding carboxylic acids is 1. The van der Waals surface area contributed by atoms with Gasteiger partial charge in [0.1, 0.15) is 0 Å². The Morgan fingerprint density at radius 1 is 1.27 bits per heavy atom. The molecule has 3 rings (SSSR count). The molecule has 0 radical (unpaired) electrons. The van der Waals surface area contributed by atoms with Gasteiger partial charge in [0.25, 0.3) is 0 Å². The summed E-state index contributed by atoms with van der Waals surface area (Å²) in [5.41, 5.74) is -2.27. The molecular formula is C18H19ClFN3O3. The Kier molecular flexibility index (Phi) is 5.36. The van der Waals surface area contributed by atoms with Crippen molar-refractivity contribution in [1.29, 1.82) is 0 Å². The third-order valence-corrected chi connectivity index (χ3v) is 5.06. The Labute approximate surface area is 155 Å². The maximum atomic E-state index is 15.4. The van der Waals surface area contributed by atoms with E-state index in [2.05, 4.69) is 9.97 Å². The van der Waals surface area contributed by atoms with Gasteiger partial charge in [-0.05, 0) is 18.9 Å². The molecular weight excluding hydrogens is 361 g/mol. The molecule has 8 heteroatoms. The summed E-state index contributed by atoms with van der Waals surface area (Å²) < 4.78 is 15.4. The number of hydrogen-bond donors (Lipinski definition) is 1. The number of rotatable bonds is 5. The van der Waals surface area contributed by atoms with Crippen molar-refractivity contribution in [3.63, 3.8) is 0 Å². The Bertz CT molecular complexity index is 745. The first-order chi connectivity index (χ1) is 12.4. The fourth-order valence-corrected chi connectivity index (χ4v) is 3.55. The molecule has 0 amide bonds. The van der Waals surface area contributed by atoms with Crippen molar-refractivity contribution in [2.45, 2.75) is 24.9 Å². The smallest absolute Gasteiger partial charge is 0.304 e. The molecule has 2 aliphatic rings. The molecule has 2 heterocycles. The van der Waals surface area contributed by atoms with Gasteiger partial charge in [0, 0.05) is 24.9 Å². The van der Waals surface area contributed by atoms with Gasteiger partial charge in [0.15, 0.2) is 11.5 Å². The minimum atomic E-state index is -2.27. The third kappa shape index (κ3) is 3.77. The number of piperidine rings is 1. The van der Waals surface area contributed by atoms with Crippen LogP contribution in [-0.2, 0) is 9.59 Å². The van der Waals surface area contributed by atoms with E-state index in [1.807, 2.05) is 4.90 Å². The van der Waals surface area contributed by atoms with Crippen molar-refractivity contribution in [2.75, 3.05) is 18.0 Å². The Morgan fingerprint density at radius 3 is 2.54 bits per heavy atom. The van der Waals surface area contributed by atoms with Crippen molar-refractivity contribution in [2.24, 2.45) is 11.8 Å². The Hall–Kier alpha value is -2.28. The van der Waals surface area contributed by atoms with E-state index in [1.54, 1.807) is 6.08 Å². The summed E-state index contributed by atoms with van der Waals surface area (Å²) in [6, 6.07) is 0. The van der Waals surface area contributed by atoms with Crippen LogP contribution in [0.1, 0.15) is 19.3 Å². The van der Waals surface area contributed by atoms with E-state index in [4.69, 9.17) is 16.7 Å². The average Bonchev–Trinajstić information content (AvgIpc) is 2.63. The van der Waals surface area contributed by atoms with Crippen LogP contribution in [0.5, 0.6) is 0 Å². The van der Waals surface area contributed by atoms with Gasteiger partial charge < -0.3 is 10.0 Å². The summed E-state index contributed by atoms with van der Waals surface area (Å²) in [5, 5.41) is 9.45. The summed E-state index contributed by atoms with van der Waals surface area (Å²) in [4.78, 5) is 34.1. The van der Waals surface area contributed by atoms with Gasteiger partial charge in [-0.3, -0.25) is 9.59 Å². The lowest BCUT2D eigenvalue weighted by atomic mass is 9.74. The number of nitrogens with zero attached hydrogens (tertiary/aromatic N) is 3. The number of anilines is 1. The number of aliphatic carboxylic acids is 1. The van der Waals surface area contributed by atoms with E-state index in [1.165, 1.54) is 30.6 Å². The molecule has 1 N–H and O–H groups in total. The summed E-state index contributed by atoms with van der Waals surface area (Å²) >= 11 is 5.78. The number of carbonyl (C=O) groups is 2. The van der Waals surface area contributed by atoms with E-state index in [9.17, 15) is 9.59 Å². The number of carboxylic acids is 1. The third-order valence-electron chi connectivity index (χ3n) is 4.86. The molecule has 2 unspecified atom stereocenters. The molecule has 0 aromatic carbocycles. The van der Waals surface area contributed by atoms with Crippen LogP contribution in [0.3, 0.4) is 0 Å². The van der Waals surface area contributed by atoms with Crippen molar-refractivity contribution < 1.29 is 19.1 Å². The topological polar surface area (TPSA) is 83.4 Å². The molecule has 2 atom stereocenters. The molecule has 138 valence electrons. The minimum absolute atomic E-state index is 0.416. The molecule has 1 aliphatic heterocycles. The highest BCUT2D eigenvalue weighted by atomic mass is 35.5. The summed E-state index contributed by atoms with van der Waals surface area (Å²) in [6.45, 7) is 1.05. The highest BCUT2D eigenvalue weighted by Crippen LogP contribution is 2.37. The second-order valence-electron chi connectivity index (χ2n) is 6.54. The zero-order valence-corrected chi connectivity index (χ0v) is 14.8. The number of alkyl halides is 1. The van der Waals surface area contributed by atoms with E-state index in [0.29, 0.717) is 36.9 Å². The number of ketones is 1. The van der Waals surface area contributed by atoms with Crippen LogP contribution in [0.2, 0.25) is 5.02 Å². The molecule has 0 bridgehead atoms. The monoisotopic (exact) mass is 379 g/mol. The first-order valence-electron chi connectivity index (χ1n) is 8.43. The van der Waals surface area contributed by atoms with Crippen molar-refractivity contribution >= 4 is 29.3 Å². The van der Waals surface area contributed by atoms with Gasteiger partial charge in [-0.1, -0.05) is 29.8 Å². The van der Waals surface area contributed by atoms with Gasteiger partial charge >= 0.3 is 5.97 Å². The first-order valence-corrected chi connectivity index (χ1v) is 8.81. The number of carboxylic acid groups (broad SMARTS) is 1. The maximum Gasteiger partial charge on any atom is 0.304 e. The molecule has 6 nitrogen and oxygen atoms in total. The number of hydrogen-bond acceptors (Lipinski definition) is 5. The summed E-state index contributed by atoms with van der Waals surface area (Å²) in [5.74, 6) is -2.58. The average molecular weight is 380 g/mol. The Morgan fingerprint density at radius 2 is 1.92 bits per heavy atom. The largest absolute Gasteiger partial charge is 0.481 e. The molecule has 26 heavy (non-hydrogen) atoms. The second kappa shape index (κ2) is 7.53. The van der Waals surface area contributed by atoms with E-state index in [0.717, 1.165) is 0 Å². The van der Waals surface area contributed by atoms with Gasteiger partial charge in [0.05, 0.1) is 23.8 Å². The molecule has 1 aromatic heterocycles. The van der Waals surface area contributed by atoms with Crippen LogP contribution in [0, 0.1) is 11.8 Å². The van der Waals surface area contributed by atoms with Crippen molar-refractivity contribution in [1.82, 2.24) is 9.97 Å². The molecule has 0 spiro atoms. The fourth-order valence-electron chi connectivity index (χ4n) is 3.45. The van der Waals surface area contributed by atoms with Crippen LogP contribution < -0.4 is 4.90 Å². The van der Waals surface area contributed by atoms with Crippen LogP contribution in [0.25, 0.3) is 0 Å². The van der Waals surface area contributed by atoms with E-state index < -0.39 is 35.7 Å². The fraction of sp³-hybridized carbons (Fsp3) is 0.444. The quantitative estimate of drug-likeness (QED) is 0.847. The molecule has 1 saturated heterocycles. The lowest BCUT2D eigenvalue weighted by Crippen LogP contribution is -2.47. The van der Waals surface area contributed by atoms with Gasteiger partial charge in [-0.15, -0.1) is 0 Å². The van der Waals surface area contributed by atoms with Gasteiger partial charge in [-0.25, -0.2) is 14.4 Å². The number of Topliss-reactive ketones (excluding diaryl/α,β-unsaturated/α-hetero) is 1. The van der Waals surface area contributed by atoms with Crippen LogP contribution >= 0.6 is 11.6 Å². The SMILES string of the molecule is O=C(O)CC1C=CC=CC1(F)C(=O)C1CCN(c2ncc(Cl)cn2)CC1. The Balaban J connectivity index is 1.67. The zero-order chi connectivity index (χ0) is 18.7. The number of allylic oxidation sites excluding steroid dienone is 4. The molecule has 1 aliphatic carbocycles. The van der Waals surface area contributed by atoms with Crippen LogP contribution in [-0.4, -0.2) is 45.6 Å². The first kappa shape index (κ1) is 18.5. The highest BCUT2D eigenvalue weighted by Gasteiger charge is 2.47. The standard InChI is InChI=1S/C18H19ClFN3O3/c19-14-10-21-17(22-11-14)23-7-4-12(5-8-23)16(26)18(20)6-2-1-3-13(18)9-15(24)25/h1-3,6,10-13H,4-5,7-9H2,(H,24,25). The van der Waals surface area contributed by atoms with Crippen molar-refractivity contribution in [3.05, 3.63) is 41.7 Å². The van der Waals surface area contributed by atoms with E-state index >= 15 is 4.39 Å². The lowest BCUT2D eigenvalue weighted by Gasteiger charge is -2.36. The zero-order valence-electron chi connectivity index (χ0n) is 14.0. The van der Waals surface area contributed by atoms with Crippen molar-refractivity contribution in [3.8, 4) is 0 Å². The summed E-state index contributed by atoms with van der Waals surface area (Å²) in [7, 11) is 0. The normalized spacial score (nSPS) is 26.1. The summed E-state index contributed by atoms with van der Waals surface area (Å²) in [6.07, 6.45) is 9.23. The van der Waals surface area contributed by atoms with Gasteiger partial charge in [0.2, 0.25) is 5.95 Å². The minimum Gasteiger partial charge on any atom is -0.481 e. The number of halogens is 2. The highest BCUT2D eigenvalue weighted by molar-refractivity contribution is 6.30. The predicted octanol–water partition coefficient (Wildman–Crippen LogP) is 2.84. The molecule has 0 saturated carbocycles. The predicted molar refractivity (Wildman–Crippen MR) is 94.8 cm³/mol.